The van der Waals surface area contributed by atoms with E-state index in [0.717, 1.165) is 95.6 Å². The number of aliphatic carboxylic acids is 1. The summed E-state index contributed by atoms with van der Waals surface area (Å²) in [6.45, 7) is 10.7. The second-order valence-electron chi connectivity index (χ2n) is 14.3. The van der Waals surface area contributed by atoms with E-state index in [1.807, 2.05) is 36.1 Å². The molecule has 0 aliphatic carbocycles. The number of piperidine rings is 1. The number of rotatable bonds is 15. The zero-order valence-electron chi connectivity index (χ0n) is 31.3. The van der Waals surface area contributed by atoms with Crippen molar-refractivity contribution in [1.29, 1.82) is 5.26 Å². The second-order valence-corrected chi connectivity index (χ2v) is 14.7. The number of nitrogens with zero attached hydrogens (tertiary/aromatic N) is 4. The third kappa shape index (κ3) is 9.34. The molecule has 10 nitrogen and oxygen atoms in total. The summed E-state index contributed by atoms with van der Waals surface area (Å²) < 4.78 is 19.1. The van der Waals surface area contributed by atoms with Crippen molar-refractivity contribution in [2.45, 2.75) is 84.8 Å². The number of aliphatic hydroxyl groups is 1. The summed E-state index contributed by atoms with van der Waals surface area (Å²) in [4.78, 5) is 20.6. The van der Waals surface area contributed by atoms with E-state index in [1.54, 1.807) is 18.3 Å². The highest BCUT2D eigenvalue weighted by Crippen LogP contribution is 2.40. The summed E-state index contributed by atoms with van der Waals surface area (Å²) in [7, 11) is 0. The maximum absolute atomic E-state index is 12.2. The number of carboxylic acid groups (broad SMARTS) is 1. The highest BCUT2D eigenvalue weighted by Gasteiger charge is 2.30. The Hall–Kier alpha value is -4.66. The molecule has 284 valence electrons. The highest BCUT2D eigenvalue weighted by atomic mass is 35.5. The van der Waals surface area contributed by atoms with Gasteiger partial charge in [-0.2, -0.15) is 5.26 Å². The van der Waals surface area contributed by atoms with Crippen LogP contribution in [-0.4, -0.2) is 75.9 Å². The van der Waals surface area contributed by atoms with Crippen LogP contribution in [-0.2, 0) is 24.6 Å². The molecule has 1 aromatic heterocycles. The van der Waals surface area contributed by atoms with Crippen LogP contribution in [0.2, 0.25) is 5.02 Å². The Bertz CT molecular complexity index is 2000. The summed E-state index contributed by atoms with van der Waals surface area (Å²) in [5.41, 5.74) is 8.08. The summed E-state index contributed by atoms with van der Waals surface area (Å²) >= 11 is 7.02. The molecule has 2 aliphatic heterocycles. The first kappa shape index (κ1) is 39.0. The first-order valence-electron chi connectivity index (χ1n) is 18.7. The first-order valence-corrected chi connectivity index (χ1v) is 19.1. The standard InChI is InChI=1S/C43H49ClN4O6/c1-28-33(9-6-10-35(28)36-11-7-13-39(29(36)2)52-18-8-15-47-17-14-34(49)24-47)27-54-41-20-40(53-26-32-19-31(21-45)22-46-23-32)37(30(3)42(41)44)25-48-16-5-4-12-38(48)43(50)51/h6-7,9-11,13,19-20,22-23,34,38,49H,4-5,8,12,14-18,24-27H2,1-3H3,(H,50,51). The molecule has 0 radical (unpaired) electrons. The molecule has 2 atom stereocenters. The topological polar surface area (TPSA) is 128 Å². The fourth-order valence-electron chi connectivity index (χ4n) is 7.49. The number of ether oxygens (including phenoxy) is 3. The summed E-state index contributed by atoms with van der Waals surface area (Å²) in [6.07, 6.45) is 7.07. The number of β-amino-alcohol motifs (C(OH)–C–C–N with tert-alkyl or cyclic N) is 1. The van der Waals surface area contributed by atoms with Crippen molar-refractivity contribution in [3.8, 4) is 34.4 Å². The van der Waals surface area contributed by atoms with Gasteiger partial charge in [0.05, 0.1) is 23.3 Å². The monoisotopic (exact) mass is 752 g/mol. The summed E-state index contributed by atoms with van der Waals surface area (Å²) in [5.74, 6) is 1.03. The molecular weight excluding hydrogens is 704 g/mol. The molecule has 2 aliphatic rings. The Kier molecular flexibility index (Phi) is 13.1. The minimum Gasteiger partial charge on any atom is -0.493 e. The van der Waals surface area contributed by atoms with Crippen molar-refractivity contribution in [3.05, 3.63) is 105 Å². The molecule has 2 fully saturated rings. The molecule has 0 bridgehead atoms. The van der Waals surface area contributed by atoms with Gasteiger partial charge in [-0.1, -0.05) is 48.4 Å². The Balaban J connectivity index is 1.21. The Morgan fingerprint density at radius 1 is 0.926 bits per heavy atom. The van der Waals surface area contributed by atoms with Gasteiger partial charge in [-0.05, 0) is 98.5 Å². The third-order valence-electron chi connectivity index (χ3n) is 10.7. The molecule has 0 saturated carbocycles. The van der Waals surface area contributed by atoms with Crippen LogP contribution in [0.3, 0.4) is 0 Å². The van der Waals surface area contributed by atoms with Crippen LogP contribution in [0.1, 0.15) is 71.0 Å². The molecule has 54 heavy (non-hydrogen) atoms. The van der Waals surface area contributed by atoms with E-state index in [4.69, 9.17) is 25.8 Å². The fourth-order valence-corrected chi connectivity index (χ4v) is 7.71. The molecule has 4 aromatic rings. The lowest BCUT2D eigenvalue weighted by Crippen LogP contribution is -2.44. The lowest BCUT2D eigenvalue weighted by molar-refractivity contribution is -0.144. The Morgan fingerprint density at radius 2 is 1.70 bits per heavy atom. The largest absolute Gasteiger partial charge is 0.493 e. The molecule has 2 N–H and O–H groups in total. The van der Waals surface area contributed by atoms with E-state index in [0.29, 0.717) is 48.2 Å². The number of nitriles is 1. The lowest BCUT2D eigenvalue weighted by Gasteiger charge is -2.34. The van der Waals surface area contributed by atoms with Gasteiger partial charge in [0.2, 0.25) is 0 Å². The van der Waals surface area contributed by atoms with Gasteiger partial charge in [0.25, 0.3) is 0 Å². The lowest BCUT2D eigenvalue weighted by atomic mass is 9.93. The number of pyridine rings is 1. The zero-order valence-corrected chi connectivity index (χ0v) is 32.1. The van der Waals surface area contributed by atoms with E-state index >= 15 is 0 Å². The average Bonchev–Trinajstić information content (AvgIpc) is 3.60. The number of carbonyl (C=O) groups is 1. The summed E-state index contributed by atoms with van der Waals surface area (Å²) in [6, 6.07) is 17.4. The first-order chi connectivity index (χ1) is 26.1. The normalized spacial score (nSPS) is 17.6. The van der Waals surface area contributed by atoms with E-state index in [2.05, 4.69) is 41.9 Å². The maximum atomic E-state index is 12.2. The van der Waals surface area contributed by atoms with Crippen LogP contribution in [0.15, 0.2) is 60.9 Å². The van der Waals surface area contributed by atoms with Gasteiger partial charge < -0.3 is 29.3 Å². The van der Waals surface area contributed by atoms with Crippen LogP contribution in [0, 0.1) is 32.1 Å². The molecule has 11 heteroatoms. The smallest absolute Gasteiger partial charge is 0.320 e. The quantitative estimate of drug-likeness (QED) is 0.117. The van der Waals surface area contributed by atoms with Crippen molar-refractivity contribution in [2.75, 3.05) is 32.8 Å². The molecule has 0 spiro atoms. The van der Waals surface area contributed by atoms with Crippen molar-refractivity contribution >= 4 is 17.6 Å². The SMILES string of the molecule is Cc1c(COc2cc(OCc3cncc(C#N)c3)c(CN3CCCCC3C(=O)O)c(C)c2Cl)cccc1-c1cccc(OCCCN2CCC(O)C2)c1C. The van der Waals surface area contributed by atoms with Crippen LogP contribution in [0.25, 0.3) is 11.1 Å². The predicted molar refractivity (Wildman–Crippen MR) is 208 cm³/mol. The number of hydrogen-bond acceptors (Lipinski definition) is 9. The number of likely N-dealkylation sites (tertiary alicyclic amines) is 2. The van der Waals surface area contributed by atoms with Gasteiger partial charge in [0.15, 0.2) is 0 Å². The fraction of sp³-hybridized carbons (Fsp3) is 0.419. The molecule has 3 aromatic carbocycles. The van der Waals surface area contributed by atoms with Crippen LogP contribution in [0.5, 0.6) is 17.2 Å². The molecular formula is C43H49ClN4O6. The number of aliphatic hydroxyl groups excluding tert-OH is 1. The number of halogens is 1. The van der Waals surface area contributed by atoms with Gasteiger partial charge in [-0.25, -0.2) is 0 Å². The number of carboxylic acids is 1. The molecule has 6 rings (SSSR count). The minimum atomic E-state index is -0.831. The van der Waals surface area contributed by atoms with Gasteiger partial charge in [0, 0.05) is 55.8 Å². The van der Waals surface area contributed by atoms with E-state index in [-0.39, 0.29) is 19.3 Å². The van der Waals surface area contributed by atoms with Crippen LogP contribution in [0.4, 0.5) is 0 Å². The number of hydrogen-bond donors (Lipinski definition) is 2. The van der Waals surface area contributed by atoms with Crippen molar-refractivity contribution in [1.82, 2.24) is 14.8 Å². The Labute approximate surface area is 322 Å². The molecule has 3 heterocycles. The van der Waals surface area contributed by atoms with Gasteiger partial charge in [-0.15, -0.1) is 0 Å². The van der Waals surface area contributed by atoms with E-state index in [9.17, 15) is 20.3 Å². The predicted octanol–water partition coefficient (Wildman–Crippen LogP) is 7.63. The van der Waals surface area contributed by atoms with Crippen LogP contribution < -0.4 is 14.2 Å². The zero-order chi connectivity index (χ0) is 38.2. The van der Waals surface area contributed by atoms with E-state index < -0.39 is 12.0 Å². The molecule has 0 amide bonds. The van der Waals surface area contributed by atoms with Gasteiger partial charge in [0.1, 0.15) is 42.6 Å². The maximum Gasteiger partial charge on any atom is 0.320 e. The van der Waals surface area contributed by atoms with Gasteiger partial charge >= 0.3 is 5.97 Å². The third-order valence-corrected chi connectivity index (χ3v) is 11.1. The number of benzene rings is 3. The van der Waals surface area contributed by atoms with Crippen molar-refractivity contribution in [2.24, 2.45) is 0 Å². The van der Waals surface area contributed by atoms with Gasteiger partial charge in [-0.3, -0.25) is 14.7 Å². The van der Waals surface area contributed by atoms with Crippen LogP contribution >= 0.6 is 11.6 Å². The van der Waals surface area contributed by atoms with E-state index in [1.165, 1.54) is 6.20 Å². The summed E-state index contributed by atoms with van der Waals surface area (Å²) in [5, 5.41) is 29.6. The second kappa shape index (κ2) is 18.1. The average molecular weight is 753 g/mol. The highest BCUT2D eigenvalue weighted by molar-refractivity contribution is 6.33. The number of aromatic nitrogens is 1. The molecule has 2 unspecified atom stereocenters. The minimum absolute atomic E-state index is 0.157. The molecule has 2 saturated heterocycles. The van der Waals surface area contributed by atoms with Crippen molar-refractivity contribution < 1.29 is 29.2 Å². The van der Waals surface area contributed by atoms with Crippen molar-refractivity contribution in [3.63, 3.8) is 0 Å². The Morgan fingerprint density at radius 3 is 2.46 bits per heavy atom.